The summed E-state index contributed by atoms with van der Waals surface area (Å²) in [6.45, 7) is 4.20. The Hall–Kier alpha value is -1.10. The summed E-state index contributed by atoms with van der Waals surface area (Å²) in [5, 5.41) is 12.9. The summed E-state index contributed by atoms with van der Waals surface area (Å²) in [5.41, 5.74) is 0. The average Bonchev–Trinajstić information content (AvgIpc) is 2.80. The first kappa shape index (κ1) is 25.9. The van der Waals surface area contributed by atoms with Crippen molar-refractivity contribution >= 4 is 11.9 Å². The maximum atomic E-state index is 10.9. The molecule has 0 radical (unpaired) electrons. The third-order valence-electron chi connectivity index (χ3n) is 5.00. The van der Waals surface area contributed by atoms with Crippen LogP contribution in [0, 0.1) is 5.92 Å². The lowest BCUT2D eigenvalue weighted by atomic mass is 10.0. The third kappa shape index (κ3) is 16.8. The number of carboxylic acids is 1. The third-order valence-corrected chi connectivity index (χ3v) is 5.00. The molecule has 1 N–H and O–H groups in total. The van der Waals surface area contributed by atoms with Gasteiger partial charge in [0.2, 0.25) is 5.91 Å². The highest BCUT2D eigenvalue weighted by Gasteiger charge is 2.20. The predicted octanol–water partition coefficient (Wildman–Crippen LogP) is 3.27. The molecular weight excluding hydrogens is 340 g/mol. The molecule has 1 aliphatic heterocycles. The van der Waals surface area contributed by atoms with E-state index in [-0.39, 0.29) is 0 Å². The molecule has 5 heteroatoms. The molecule has 0 aromatic rings. The number of unbranched alkanes of at least 4 members (excludes halogenated alkanes) is 9. The van der Waals surface area contributed by atoms with Gasteiger partial charge >= 0.3 is 0 Å². The lowest BCUT2D eigenvalue weighted by molar-refractivity contribution is -0.870. The lowest BCUT2D eigenvalue weighted by Crippen LogP contribution is -2.41. The number of carbonyl (C=O) groups excluding carboxylic acids is 2. The first-order valence-electron chi connectivity index (χ1n) is 11.1. The van der Waals surface area contributed by atoms with E-state index >= 15 is 0 Å². The van der Waals surface area contributed by atoms with E-state index in [2.05, 4.69) is 33.4 Å². The number of rotatable bonds is 12. The minimum absolute atomic E-state index is 0.400. The van der Waals surface area contributed by atoms with Crippen LogP contribution in [0.15, 0.2) is 0 Å². The second-order valence-electron chi connectivity index (χ2n) is 8.85. The summed E-state index contributed by atoms with van der Waals surface area (Å²) in [6.07, 6.45) is 16.4. The zero-order valence-electron chi connectivity index (χ0n) is 18.4. The van der Waals surface area contributed by atoms with Crippen molar-refractivity contribution in [2.75, 3.05) is 34.2 Å². The molecule has 1 atom stereocenters. The van der Waals surface area contributed by atoms with Gasteiger partial charge in [0.1, 0.15) is 0 Å². The maximum Gasteiger partial charge on any atom is 0.228 e. The van der Waals surface area contributed by atoms with Crippen LogP contribution in [-0.2, 0) is 9.59 Å². The SMILES string of the molecule is CCCCCCCCCCCC[N+](C)(C)C.O=C([O-])C1CCCCNC1=O. The van der Waals surface area contributed by atoms with Gasteiger partial charge in [-0.2, -0.15) is 0 Å². The van der Waals surface area contributed by atoms with Gasteiger partial charge in [-0.05, 0) is 25.7 Å². The van der Waals surface area contributed by atoms with E-state index in [1.165, 1.54) is 70.8 Å². The fourth-order valence-corrected chi connectivity index (χ4v) is 3.24. The number of carboxylic acid groups (broad SMARTS) is 1. The molecule has 1 amide bonds. The molecule has 0 aromatic heterocycles. The highest BCUT2D eigenvalue weighted by Crippen LogP contribution is 2.11. The lowest BCUT2D eigenvalue weighted by Gasteiger charge is -2.23. The standard InChI is InChI=1S/C15H34N.C7H11NO3/c1-5-6-7-8-9-10-11-12-13-14-15-16(2,3)4;9-6-5(7(10)11)3-1-2-4-8-6/h5-15H2,1-4H3;5H,1-4H2,(H,8,9)(H,10,11)/q+1;/p-1. The van der Waals surface area contributed by atoms with E-state index in [1.807, 2.05) is 0 Å². The summed E-state index contributed by atoms with van der Waals surface area (Å²) in [5.74, 6) is -2.59. The molecule has 1 rings (SSSR count). The summed E-state index contributed by atoms with van der Waals surface area (Å²) < 4.78 is 1.12. The van der Waals surface area contributed by atoms with Gasteiger partial charge in [-0.1, -0.05) is 64.7 Å². The van der Waals surface area contributed by atoms with Gasteiger partial charge in [0, 0.05) is 6.54 Å². The molecule has 1 aliphatic rings. The number of nitrogens with zero attached hydrogens (tertiary/aromatic N) is 1. The van der Waals surface area contributed by atoms with Crippen molar-refractivity contribution in [2.24, 2.45) is 5.92 Å². The largest absolute Gasteiger partial charge is 0.549 e. The Labute approximate surface area is 167 Å². The highest BCUT2D eigenvalue weighted by atomic mass is 16.4. The molecule has 27 heavy (non-hydrogen) atoms. The summed E-state index contributed by atoms with van der Waals surface area (Å²) >= 11 is 0. The van der Waals surface area contributed by atoms with E-state index in [4.69, 9.17) is 0 Å². The van der Waals surface area contributed by atoms with Gasteiger partial charge in [-0.25, -0.2) is 0 Å². The minimum Gasteiger partial charge on any atom is -0.549 e. The van der Waals surface area contributed by atoms with E-state index in [1.54, 1.807) is 0 Å². The summed E-state index contributed by atoms with van der Waals surface area (Å²) in [6, 6.07) is 0. The number of aliphatic carboxylic acids is 1. The highest BCUT2D eigenvalue weighted by molar-refractivity contribution is 5.96. The molecule has 5 nitrogen and oxygen atoms in total. The summed E-state index contributed by atoms with van der Waals surface area (Å²) in [4.78, 5) is 21.3. The smallest absolute Gasteiger partial charge is 0.228 e. The molecule has 0 saturated carbocycles. The van der Waals surface area contributed by atoms with Gasteiger partial charge in [-0.15, -0.1) is 0 Å². The van der Waals surface area contributed by atoms with Gasteiger partial charge in [0.25, 0.3) is 0 Å². The molecule has 0 aliphatic carbocycles. The molecule has 0 aromatic carbocycles. The Morgan fingerprint density at radius 1 is 0.963 bits per heavy atom. The van der Waals surface area contributed by atoms with Gasteiger partial charge in [0.15, 0.2) is 0 Å². The Morgan fingerprint density at radius 3 is 1.96 bits per heavy atom. The number of amides is 1. The van der Waals surface area contributed by atoms with Crippen LogP contribution >= 0.6 is 0 Å². The molecule has 1 unspecified atom stereocenters. The van der Waals surface area contributed by atoms with Crippen molar-refractivity contribution < 1.29 is 19.2 Å². The summed E-state index contributed by atoms with van der Waals surface area (Å²) in [7, 11) is 6.86. The van der Waals surface area contributed by atoms with Gasteiger partial charge < -0.3 is 19.7 Å². The van der Waals surface area contributed by atoms with E-state index in [0.717, 1.165) is 17.3 Å². The van der Waals surface area contributed by atoms with Crippen molar-refractivity contribution in [1.29, 1.82) is 0 Å². The van der Waals surface area contributed by atoms with Crippen molar-refractivity contribution in [1.82, 2.24) is 5.32 Å². The quantitative estimate of drug-likeness (QED) is 0.319. The number of hydrogen-bond donors (Lipinski definition) is 1. The number of quaternary nitrogens is 1. The van der Waals surface area contributed by atoms with Crippen LogP contribution in [0.5, 0.6) is 0 Å². The molecule has 0 spiro atoms. The fraction of sp³-hybridized carbons (Fsp3) is 0.909. The second kappa shape index (κ2) is 15.9. The average molecular weight is 385 g/mol. The maximum absolute atomic E-state index is 10.9. The van der Waals surface area contributed by atoms with Gasteiger partial charge in [0.05, 0.1) is 39.6 Å². The first-order valence-corrected chi connectivity index (χ1v) is 11.1. The van der Waals surface area contributed by atoms with E-state index in [0.29, 0.717) is 13.0 Å². The van der Waals surface area contributed by atoms with E-state index in [9.17, 15) is 14.7 Å². The van der Waals surface area contributed by atoms with Crippen molar-refractivity contribution in [3.63, 3.8) is 0 Å². The normalized spacial score (nSPS) is 17.5. The Bertz CT molecular complexity index is 392. The molecule has 1 fully saturated rings. The zero-order valence-corrected chi connectivity index (χ0v) is 18.4. The second-order valence-corrected chi connectivity index (χ2v) is 8.85. The van der Waals surface area contributed by atoms with Crippen LogP contribution in [0.1, 0.15) is 90.4 Å². The van der Waals surface area contributed by atoms with Crippen molar-refractivity contribution in [3.05, 3.63) is 0 Å². The number of hydrogen-bond acceptors (Lipinski definition) is 3. The van der Waals surface area contributed by atoms with Crippen LogP contribution < -0.4 is 10.4 Å². The minimum atomic E-state index is -1.26. The van der Waals surface area contributed by atoms with E-state index < -0.39 is 17.8 Å². The van der Waals surface area contributed by atoms with Crippen LogP contribution in [0.3, 0.4) is 0 Å². The van der Waals surface area contributed by atoms with Crippen molar-refractivity contribution in [3.8, 4) is 0 Å². The Balaban J connectivity index is 0.000000533. The van der Waals surface area contributed by atoms with Crippen LogP contribution in [0.4, 0.5) is 0 Å². The van der Waals surface area contributed by atoms with Crippen LogP contribution in [-0.4, -0.2) is 50.6 Å². The Morgan fingerprint density at radius 2 is 1.48 bits per heavy atom. The first-order chi connectivity index (χ1) is 12.8. The molecule has 1 heterocycles. The van der Waals surface area contributed by atoms with Crippen LogP contribution in [0.2, 0.25) is 0 Å². The number of nitrogens with one attached hydrogen (secondary N) is 1. The molecule has 0 bridgehead atoms. The van der Waals surface area contributed by atoms with Crippen LogP contribution in [0.25, 0.3) is 0 Å². The van der Waals surface area contributed by atoms with Gasteiger partial charge in [-0.3, -0.25) is 4.79 Å². The number of carbonyl (C=O) groups is 2. The zero-order chi connectivity index (χ0) is 20.5. The predicted molar refractivity (Wildman–Crippen MR) is 110 cm³/mol. The van der Waals surface area contributed by atoms with Crippen molar-refractivity contribution in [2.45, 2.75) is 90.4 Å². The molecule has 160 valence electrons. The topological polar surface area (TPSA) is 69.2 Å². The monoisotopic (exact) mass is 384 g/mol. The Kier molecular flexibility index (Phi) is 15.3. The molecule has 1 saturated heterocycles. The fourth-order valence-electron chi connectivity index (χ4n) is 3.24. The molecular formula is C22H44N2O3.